The van der Waals surface area contributed by atoms with Gasteiger partial charge >= 0.3 is 0 Å². The van der Waals surface area contributed by atoms with Crippen molar-refractivity contribution in [2.75, 3.05) is 0 Å². The van der Waals surface area contributed by atoms with Gasteiger partial charge < -0.3 is 0 Å². The van der Waals surface area contributed by atoms with Crippen LogP contribution in [0.1, 0.15) is 5.69 Å². The maximum atomic E-state index is 5.25. The van der Waals surface area contributed by atoms with Gasteiger partial charge in [0.1, 0.15) is 11.3 Å². The smallest absolute Gasteiger partial charge is 0.195 e. The fourth-order valence-electron chi connectivity index (χ4n) is 2.18. The number of pyridine rings is 1. The molecule has 0 aliphatic carbocycles. The van der Waals surface area contributed by atoms with Gasteiger partial charge in [0.05, 0.1) is 5.69 Å². The zero-order chi connectivity index (χ0) is 13.4. The summed E-state index contributed by atoms with van der Waals surface area (Å²) in [4.78, 5) is 4.54. The van der Waals surface area contributed by atoms with Crippen molar-refractivity contribution in [1.29, 1.82) is 0 Å². The van der Waals surface area contributed by atoms with Crippen molar-refractivity contribution in [2.45, 2.75) is 13.5 Å². The standard InChI is InChI=1S/C13H13N5S/c1-3-7-18-12(15-16-13(18)19)11-9(2)14-10-6-4-5-8-17(10)11/h3-6,8H,1,7H2,2H3,(H,16,19). The summed E-state index contributed by atoms with van der Waals surface area (Å²) in [5.74, 6) is 0.779. The lowest BCUT2D eigenvalue weighted by Crippen LogP contribution is -2.01. The second kappa shape index (κ2) is 4.47. The number of rotatable bonds is 3. The molecule has 0 atom stereocenters. The Morgan fingerprint density at radius 3 is 3.11 bits per heavy atom. The van der Waals surface area contributed by atoms with Gasteiger partial charge in [-0.25, -0.2) is 4.98 Å². The van der Waals surface area contributed by atoms with Crippen LogP contribution in [0.25, 0.3) is 17.2 Å². The summed E-state index contributed by atoms with van der Waals surface area (Å²) >= 11 is 5.25. The molecule has 96 valence electrons. The highest BCUT2D eigenvalue weighted by molar-refractivity contribution is 7.71. The second-order valence-electron chi connectivity index (χ2n) is 4.23. The molecule has 0 aliphatic heterocycles. The van der Waals surface area contributed by atoms with Crippen LogP contribution in [0.3, 0.4) is 0 Å². The van der Waals surface area contributed by atoms with Crippen LogP contribution in [0.5, 0.6) is 0 Å². The van der Waals surface area contributed by atoms with Gasteiger partial charge in [-0.2, -0.15) is 5.10 Å². The number of imidazole rings is 1. The van der Waals surface area contributed by atoms with Crippen molar-refractivity contribution in [1.82, 2.24) is 24.1 Å². The first-order valence-electron chi connectivity index (χ1n) is 5.92. The number of aromatic nitrogens is 5. The molecule has 0 aromatic carbocycles. The number of H-pyrrole nitrogens is 1. The maximum absolute atomic E-state index is 5.25. The Labute approximate surface area is 115 Å². The molecule has 3 aromatic heterocycles. The van der Waals surface area contributed by atoms with Crippen molar-refractivity contribution < 1.29 is 0 Å². The Balaban J connectivity index is 2.33. The number of aromatic amines is 1. The molecular formula is C13H13N5S. The highest BCUT2D eigenvalue weighted by atomic mass is 32.1. The molecule has 0 saturated carbocycles. The minimum Gasteiger partial charge on any atom is -0.297 e. The Morgan fingerprint density at radius 1 is 1.47 bits per heavy atom. The third-order valence-corrected chi connectivity index (χ3v) is 3.30. The summed E-state index contributed by atoms with van der Waals surface area (Å²) in [6.07, 6.45) is 3.77. The third kappa shape index (κ3) is 1.80. The van der Waals surface area contributed by atoms with Crippen molar-refractivity contribution in [2.24, 2.45) is 0 Å². The van der Waals surface area contributed by atoms with Gasteiger partial charge in [-0.05, 0) is 31.3 Å². The highest BCUT2D eigenvalue weighted by Gasteiger charge is 2.16. The average molecular weight is 271 g/mol. The Hall–Kier alpha value is -2.21. The van der Waals surface area contributed by atoms with Gasteiger partial charge in [-0.15, -0.1) is 6.58 Å². The predicted molar refractivity (Wildman–Crippen MR) is 76.5 cm³/mol. The van der Waals surface area contributed by atoms with Gasteiger partial charge in [-0.3, -0.25) is 14.1 Å². The largest absolute Gasteiger partial charge is 0.297 e. The van der Waals surface area contributed by atoms with E-state index in [9.17, 15) is 0 Å². The van der Waals surface area contributed by atoms with Gasteiger partial charge in [0, 0.05) is 12.7 Å². The first-order chi connectivity index (χ1) is 9.22. The van der Waals surface area contributed by atoms with Crippen LogP contribution in [0.15, 0.2) is 37.1 Å². The normalized spacial score (nSPS) is 11.0. The molecule has 3 aromatic rings. The number of hydrogen-bond acceptors (Lipinski definition) is 3. The number of fused-ring (bicyclic) bond motifs is 1. The molecule has 0 fully saturated rings. The zero-order valence-corrected chi connectivity index (χ0v) is 11.3. The summed E-state index contributed by atoms with van der Waals surface area (Å²) in [6, 6.07) is 5.90. The molecule has 0 aliphatic rings. The van der Waals surface area contributed by atoms with Crippen molar-refractivity contribution in [3.63, 3.8) is 0 Å². The van der Waals surface area contributed by atoms with Crippen molar-refractivity contribution >= 4 is 17.9 Å². The molecule has 5 nitrogen and oxygen atoms in total. The lowest BCUT2D eigenvalue weighted by atomic mass is 10.3. The van der Waals surface area contributed by atoms with Gasteiger partial charge in [0.15, 0.2) is 10.6 Å². The molecule has 0 amide bonds. The summed E-state index contributed by atoms with van der Waals surface area (Å²) in [6.45, 7) is 6.34. The Bertz CT molecular complexity index is 808. The minimum absolute atomic E-state index is 0.584. The van der Waals surface area contributed by atoms with E-state index >= 15 is 0 Å². The van der Waals surface area contributed by atoms with E-state index in [-0.39, 0.29) is 0 Å². The molecule has 0 saturated heterocycles. The first-order valence-corrected chi connectivity index (χ1v) is 6.33. The topological polar surface area (TPSA) is 50.9 Å². The number of aryl methyl sites for hydroxylation is 1. The lowest BCUT2D eigenvalue weighted by Gasteiger charge is -2.04. The fourth-order valence-corrected chi connectivity index (χ4v) is 2.39. The molecule has 0 bridgehead atoms. The number of allylic oxidation sites excluding steroid dienone is 1. The summed E-state index contributed by atoms with van der Waals surface area (Å²) in [7, 11) is 0. The summed E-state index contributed by atoms with van der Waals surface area (Å²) in [5.41, 5.74) is 2.77. The summed E-state index contributed by atoms with van der Waals surface area (Å²) in [5, 5.41) is 7.15. The number of hydrogen-bond donors (Lipinski definition) is 1. The molecule has 3 rings (SSSR count). The Kier molecular flexibility index (Phi) is 2.79. The molecule has 0 unspecified atom stereocenters. The van der Waals surface area contributed by atoms with E-state index in [4.69, 9.17) is 12.2 Å². The van der Waals surface area contributed by atoms with E-state index in [1.165, 1.54) is 0 Å². The molecular weight excluding hydrogens is 258 g/mol. The van der Waals surface area contributed by atoms with E-state index < -0.39 is 0 Å². The predicted octanol–water partition coefficient (Wildman–Crippen LogP) is 2.75. The molecule has 6 heteroatoms. The molecule has 19 heavy (non-hydrogen) atoms. The average Bonchev–Trinajstić information content (AvgIpc) is 2.91. The molecule has 3 heterocycles. The van der Waals surface area contributed by atoms with Crippen LogP contribution in [0.4, 0.5) is 0 Å². The van der Waals surface area contributed by atoms with Crippen LogP contribution >= 0.6 is 12.2 Å². The van der Waals surface area contributed by atoms with Crippen LogP contribution in [-0.4, -0.2) is 24.1 Å². The second-order valence-corrected chi connectivity index (χ2v) is 4.61. The number of nitrogens with one attached hydrogen (secondary N) is 1. The van der Waals surface area contributed by atoms with Crippen LogP contribution < -0.4 is 0 Å². The van der Waals surface area contributed by atoms with Gasteiger partial charge in [0.2, 0.25) is 0 Å². The van der Waals surface area contributed by atoms with Gasteiger partial charge in [0.25, 0.3) is 0 Å². The monoisotopic (exact) mass is 271 g/mol. The van der Waals surface area contributed by atoms with Crippen LogP contribution in [-0.2, 0) is 6.54 Å². The Morgan fingerprint density at radius 2 is 2.32 bits per heavy atom. The molecule has 0 radical (unpaired) electrons. The van der Waals surface area contributed by atoms with Crippen molar-refractivity contribution in [3.8, 4) is 11.5 Å². The zero-order valence-electron chi connectivity index (χ0n) is 10.5. The van der Waals surface area contributed by atoms with Crippen LogP contribution in [0, 0.1) is 11.7 Å². The minimum atomic E-state index is 0.584. The highest BCUT2D eigenvalue weighted by Crippen LogP contribution is 2.23. The van der Waals surface area contributed by atoms with E-state index in [2.05, 4.69) is 21.8 Å². The summed E-state index contributed by atoms with van der Waals surface area (Å²) < 4.78 is 4.51. The first kappa shape index (κ1) is 11.9. The van der Waals surface area contributed by atoms with E-state index in [0.717, 1.165) is 22.9 Å². The van der Waals surface area contributed by atoms with E-state index in [0.29, 0.717) is 11.3 Å². The number of nitrogens with zero attached hydrogens (tertiary/aromatic N) is 4. The molecule has 1 N–H and O–H groups in total. The quantitative estimate of drug-likeness (QED) is 0.588. The van der Waals surface area contributed by atoms with Gasteiger partial charge in [-0.1, -0.05) is 12.1 Å². The van der Waals surface area contributed by atoms with E-state index in [1.54, 1.807) is 6.08 Å². The van der Waals surface area contributed by atoms with E-state index in [1.807, 2.05) is 40.3 Å². The third-order valence-electron chi connectivity index (χ3n) is 2.99. The van der Waals surface area contributed by atoms with Crippen LogP contribution in [0.2, 0.25) is 0 Å². The maximum Gasteiger partial charge on any atom is 0.195 e. The lowest BCUT2D eigenvalue weighted by molar-refractivity contribution is 0.809. The van der Waals surface area contributed by atoms with Crippen molar-refractivity contribution in [3.05, 3.63) is 47.5 Å². The molecule has 0 spiro atoms. The fraction of sp³-hybridized carbons (Fsp3) is 0.154. The SMILES string of the molecule is C=CCn1c(-c2c(C)nc3ccccn23)n[nH]c1=S.